The molecule has 4 rings (SSSR count). The molecule has 0 aliphatic carbocycles. The number of ether oxygens (including phenoxy) is 1. The zero-order chi connectivity index (χ0) is 29.7. The molecule has 11 heteroatoms. The van der Waals surface area contributed by atoms with E-state index in [1.807, 2.05) is 73.3 Å². The van der Waals surface area contributed by atoms with Crippen LogP contribution in [-0.2, 0) is 4.74 Å². The predicted octanol–water partition coefficient (Wildman–Crippen LogP) is 6.05. The van der Waals surface area contributed by atoms with Gasteiger partial charge in [-0.05, 0) is 64.2 Å². The Kier molecular flexibility index (Phi) is 8.13. The Labute approximate surface area is 239 Å². The van der Waals surface area contributed by atoms with Gasteiger partial charge in [0.15, 0.2) is 16.6 Å². The maximum atomic E-state index is 15.0. The number of halogens is 2. The van der Waals surface area contributed by atoms with Gasteiger partial charge in [-0.25, -0.2) is 23.5 Å². The lowest BCUT2D eigenvalue weighted by Gasteiger charge is -2.45. The lowest BCUT2D eigenvalue weighted by molar-refractivity contribution is 0.0192. The lowest BCUT2D eigenvalue weighted by atomic mass is 9.97. The number of anilines is 1. The van der Waals surface area contributed by atoms with Crippen LogP contribution in [-0.4, -0.2) is 61.3 Å². The van der Waals surface area contributed by atoms with Crippen molar-refractivity contribution in [3.8, 4) is 5.69 Å². The van der Waals surface area contributed by atoms with Crippen molar-refractivity contribution >= 4 is 34.5 Å². The van der Waals surface area contributed by atoms with Gasteiger partial charge >= 0.3 is 11.8 Å². The van der Waals surface area contributed by atoms with Crippen molar-refractivity contribution in [2.24, 2.45) is 0 Å². The third kappa shape index (κ3) is 5.64. The van der Waals surface area contributed by atoms with Crippen molar-refractivity contribution in [2.75, 3.05) is 18.0 Å². The van der Waals surface area contributed by atoms with E-state index in [1.54, 1.807) is 11.1 Å². The molecule has 1 aliphatic rings. The smallest absolute Gasteiger partial charge is 0.410 e. The van der Waals surface area contributed by atoms with E-state index in [0.717, 1.165) is 5.56 Å². The zero-order valence-electron chi connectivity index (χ0n) is 24.6. The van der Waals surface area contributed by atoms with Crippen molar-refractivity contribution in [1.29, 1.82) is 0 Å². The van der Waals surface area contributed by atoms with Gasteiger partial charge in [0, 0.05) is 31.4 Å². The summed E-state index contributed by atoms with van der Waals surface area (Å²) in [5, 5.41) is 0.00825. The van der Waals surface area contributed by atoms with Gasteiger partial charge in [0.1, 0.15) is 11.4 Å². The summed E-state index contributed by atoms with van der Waals surface area (Å²) in [6.07, 6.45) is 1.33. The SMILES string of the molecule is CC(C)c1ccnc(C(C)C)c1-n1c(=O)nc(N2[C@@H](C)CN(C(=O)OC(C)(C)C)C[C@@H]2C)c2cc(F)c(Cl)nc21. The molecule has 2 atom stereocenters. The van der Waals surface area contributed by atoms with E-state index in [4.69, 9.17) is 16.3 Å². The van der Waals surface area contributed by atoms with Crippen LogP contribution in [0.5, 0.6) is 0 Å². The van der Waals surface area contributed by atoms with Crippen molar-refractivity contribution in [2.45, 2.75) is 91.8 Å². The number of carbonyl (C=O) groups is 1. The first-order valence-electron chi connectivity index (χ1n) is 13.6. The predicted molar refractivity (Wildman–Crippen MR) is 155 cm³/mol. The van der Waals surface area contributed by atoms with Crippen LogP contribution >= 0.6 is 11.6 Å². The second kappa shape index (κ2) is 11.0. The van der Waals surface area contributed by atoms with Crippen molar-refractivity contribution in [1.82, 2.24) is 24.4 Å². The van der Waals surface area contributed by atoms with Crippen molar-refractivity contribution < 1.29 is 13.9 Å². The van der Waals surface area contributed by atoms with Crippen molar-refractivity contribution in [3.63, 3.8) is 0 Å². The number of pyridine rings is 2. The number of fused-ring (bicyclic) bond motifs is 1. The van der Waals surface area contributed by atoms with E-state index >= 15 is 0 Å². The Morgan fingerprint density at radius 3 is 2.27 bits per heavy atom. The van der Waals surface area contributed by atoms with E-state index in [1.165, 1.54) is 10.6 Å². The van der Waals surface area contributed by atoms with Crippen LogP contribution in [0.25, 0.3) is 16.7 Å². The highest BCUT2D eigenvalue weighted by Gasteiger charge is 2.36. The van der Waals surface area contributed by atoms with E-state index in [9.17, 15) is 14.0 Å². The van der Waals surface area contributed by atoms with Gasteiger partial charge in [-0.3, -0.25) is 4.98 Å². The number of aromatic nitrogens is 4. The van der Waals surface area contributed by atoms with Gasteiger partial charge in [0.05, 0.1) is 16.8 Å². The molecule has 9 nitrogen and oxygen atoms in total. The average molecular weight is 573 g/mol. The third-order valence-electron chi connectivity index (χ3n) is 6.95. The topological polar surface area (TPSA) is 93.5 Å². The fourth-order valence-corrected chi connectivity index (χ4v) is 5.45. The molecule has 0 saturated carbocycles. The second-order valence-electron chi connectivity index (χ2n) is 12.1. The van der Waals surface area contributed by atoms with Crippen LogP contribution in [0.3, 0.4) is 0 Å². The quantitative estimate of drug-likeness (QED) is 0.351. The normalized spacial score (nSPS) is 18.2. The Bertz CT molecular complexity index is 1460. The zero-order valence-corrected chi connectivity index (χ0v) is 25.4. The van der Waals surface area contributed by atoms with Crippen LogP contribution in [0.2, 0.25) is 5.15 Å². The Morgan fingerprint density at radius 1 is 1.10 bits per heavy atom. The number of amides is 1. The molecule has 3 aromatic rings. The fraction of sp³-hybridized carbons (Fsp3) is 0.552. The maximum Gasteiger partial charge on any atom is 0.410 e. The highest BCUT2D eigenvalue weighted by atomic mass is 35.5. The number of carbonyl (C=O) groups excluding carboxylic acids is 1. The van der Waals surface area contributed by atoms with Gasteiger partial charge in [-0.1, -0.05) is 39.3 Å². The number of nitrogens with zero attached hydrogens (tertiary/aromatic N) is 6. The molecule has 0 N–H and O–H groups in total. The Morgan fingerprint density at radius 2 is 1.73 bits per heavy atom. The molecule has 1 amide bonds. The van der Waals surface area contributed by atoms with E-state index < -0.39 is 23.2 Å². The molecular weight excluding hydrogens is 535 g/mol. The maximum absolute atomic E-state index is 15.0. The molecule has 1 aliphatic heterocycles. The minimum atomic E-state index is -0.713. The molecule has 0 spiro atoms. The van der Waals surface area contributed by atoms with Gasteiger partial charge < -0.3 is 14.5 Å². The molecular formula is C29H38ClFN6O3. The molecule has 1 saturated heterocycles. The summed E-state index contributed by atoms with van der Waals surface area (Å²) in [5.74, 6) is -0.361. The molecule has 0 bridgehead atoms. The Balaban J connectivity index is 1.93. The molecule has 0 radical (unpaired) electrons. The van der Waals surface area contributed by atoms with Crippen LogP contribution < -0.4 is 10.6 Å². The van der Waals surface area contributed by atoms with Crippen LogP contribution in [0.1, 0.15) is 85.4 Å². The highest BCUT2D eigenvalue weighted by Crippen LogP contribution is 2.35. The van der Waals surface area contributed by atoms with Gasteiger partial charge in [-0.15, -0.1) is 0 Å². The molecule has 4 heterocycles. The molecule has 3 aromatic heterocycles. The molecule has 0 aromatic carbocycles. The summed E-state index contributed by atoms with van der Waals surface area (Å²) in [6, 6.07) is 2.65. The number of hydrogen-bond donors (Lipinski definition) is 0. The van der Waals surface area contributed by atoms with Crippen LogP contribution in [0.15, 0.2) is 23.1 Å². The first kappa shape index (κ1) is 29.7. The average Bonchev–Trinajstić information content (AvgIpc) is 2.83. The van der Waals surface area contributed by atoms with Crippen molar-refractivity contribution in [3.05, 3.63) is 51.0 Å². The second-order valence-corrected chi connectivity index (χ2v) is 12.5. The fourth-order valence-electron chi connectivity index (χ4n) is 5.32. The summed E-state index contributed by atoms with van der Waals surface area (Å²) in [7, 11) is 0. The summed E-state index contributed by atoms with van der Waals surface area (Å²) < 4.78 is 21.9. The molecule has 40 heavy (non-hydrogen) atoms. The van der Waals surface area contributed by atoms with Crippen LogP contribution in [0, 0.1) is 5.82 Å². The molecule has 216 valence electrons. The summed E-state index contributed by atoms with van der Waals surface area (Å²) in [5.41, 5.74) is 1.20. The molecule has 1 fully saturated rings. The monoisotopic (exact) mass is 572 g/mol. The van der Waals surface area contributed by atoms with Gasteiger partial charge in [0.25, 0.3) is 0 Å². The van der Waals surface area contributed by atoms with E-state index in [-0.39, 0.29) is 34.7 Å². The minimum absolute atomic E-state index is 0.00720. The van der Waals surface area contributed by atoms with Crippen LogP contribution in [0.4, 0.5) is 15.0 Å². The molecule has 0 unspecified atom stereocenters. The first-order chi connectivity index (χ1) is 18.6. The summed E-state index contributed by atoms with van der Waals surface area (Å²) >= 11 is 6.20. The number of hydrogen-bond acceptors (Lipinski definition) is 7. The Hall–Kier alpha value is -3.27. The first-order valence-corrected chi connectivity index (χ1v) is 14.0. The minimum Gasteiger partial charge on any atom is -0.444 e. The standard InChI is InChI=1S/C29H38ClFN6O3/c1-15(2)19-10-11-32-22(16(3)4)23(19)37-25-20(12-21(31)24(30)33-25)26(34-27(37)38)36-17(5)13-35(14-18(36)6)28(39)40-29(7,8)9/h10-12,15-18H,13-14H2,1-9H3/t17-,18-/m0/s1. The largest absolute Gasteiger partial charge is 0.444 e. The van der Waals surface area contributed by atoms with Gasteiger partial charge in [-0.2, -0.15) is 4.98 Å². The third-order valence-corrected chi connectivity index (χ3v) is 7.22. The number of rotatable bonds is 4. The van der Waals surface area contributed by atoms with E-state index in [2.05, 4.69) is 15.0 Å². The lowest BCUT2D eigenvalue weighted by Crippen LogP contribution is -2.59. The number of piperazine rings is 1. The highest BCUT2D eigenvalue weighted by molar-refractivity contribution is 6.30. The van der Waals surface area contributed by atoms with E-state index in [0.29, 0.717) is 35.7 Å². The summed E-state index contributed by atoms with van der Waals surface area (Å²) in [4.78, 5) is 43.8. The summed E-state index contributed by atoms with van der Waals surface area (Å²) in [6.45, 7) is 18.1. The van der Waals surface area contributed by atoms with Gasteiger partial charge in [0.2, 0.25) is 0 Å².